The molecule has 6 heteroatoms. The predicted octanol–water partition coefficient (Wildman–Crippen LogP) is 3.02. The number of hydrogen-bond donors (Lipinski definition) is 1. The van der Waals surface area contributed by atoms with Gasteiger partial charge in [0.15, 0.2) is 0 Å². The van der Waals surface area contributed by atoms with Gasteiger partial charge in [-0.15, -0.1) is 0 Å². The van der Waals surface area contributed by atoms with Crippen molar-refractivity contribution in [1.29, 1.82) is 0 Å². The maximum absolute atomic E-state index is 12.4. The second-order valence-electron chi connectivity index (χ2n) is 4.48. The highest BCUT2D eigenvalue weighted by Crippen LogP contribution is 2.18. The molecule has 1 heterocycles. The lowest BCUT2D eigenvalue weighted by molar-refractivity contribution is 0.572. The van der Waals surface area contributed by atoms with Crippen molar-refractivity contribution in [2.75, 3.05) is 0 Å². The Balaban J connectivity index is 2.61. The standard InChI is InChI=1S/C14H14Cl2N2O2/c1-3-11-12(16)17-14(20)18(13(11)19)8(2)9-4-6-10(15)7-5-9/h4-8H,3H2,1-2H3,(H,17,20). The molecule has 1 atom stereocenters. The summed E-state index contributed by atoms with van der Waals surface area (Å²) in [6, 6.07) is 6.64. The number of hydrogen-bond acceptors (Lipinski definition) is 2. The lowest BCUT2D eigenvalue weighted by Crippen LogP contribution is -2.39. The van der Waals surface area contributed by atoms with E-state index in [-0.39, 0.29) is 10.7 Å². The molecule has 0 aliphatic heterocycles. The number of rotatable bonds is 3. The van der Waals surface area contributed by atoms with E-state index < -0.39 is 11.7 Å². The van der Waals surface area contributed by atoms with Crippen molar-refractivity contribution >= 4 is 23.2 Å². The van der Waals surface area contributed by atoms with Crippen LogP contribution in [0.15, 0.2) is 33.9 Å². The number of nitrogens with zero attached hydrogens (tertiary/aromatic N) is 1. The molecular formula is C14H14Cl2N2O2. The first-order valence-corrected chi connectivity index (χ1v) is 7.00. The van der Waals surface area contributed by atoms with E-state index in [0.717, 1.165) is 5.56 Å². The van der Waals surface area contributed by atoms with Gasteiger partial charge in [0.2, 0.25) is 0 Å². The summed E-state index contributed by atoms with van der Waals surface area (Å²) in [4.78, 5) is 26.9. The molecule has 0 saturated carbocycles. The maximum Gasteiger partial charge on any atom is 0.330 e. The summed E-state index contributed by atoms with van der Waals surface area (Å²) in [7, 11) is 0. The third-order valence-corrected chi connectivity index (χ3v) is 3.85. The molecule has 106 valence electrons. The zero-order valence-electron chi connectivity index (χ0n) is 11.1. The molecule has 20 heavy (non-hydrogen) atoms. The van der Waals surface area contributed by atoms with Gasteiger partial charge in [0, 0.05) is 5.02 Å². The van der Waals surface area contributed by atoms with Crippen molar-refractivity contribution in [2.45, 2.75) is 26.3 Å². The van der Waals surface area contributed by atoms with Crippen LogP contribution in [0.25, 0.3) is 0 Å². The van der Waals surface area contributed by atoms with E-state index in [2.05, 4.69) is 4.98 Å². The topological polar surface area (TPSA) is 54.9 Å². The van der Waals surface area contributed by atoms with Crippen LogP contribution in [0.1, 0.15) is 31.0 Å². The molecule has 4 nitrogen and oxygen atoms in total. The first-order chi connectivity index (χ1) is 9.45. The minimum Gasteiger partial charge on any atom is -0.297 e. The Morgan fingerprint density at radius 2 is 1.80 bits per heavy atom. The van der Waals surface area contributed by atoms with E-state index in [1.165, 1.54) is 4.57 Å². The summed E-state index contributed by atoms with van der Waals surface area (Å²) in [5, 5.41) is 0.717. The van der Waals surface area contributed by atoms with E-state index in [0.29, 0.717) is 17.0 Å². The fourth-order valence-electron chi connectivity index (χ4n) is 2.11. The van der Waals surface area contributed by atoms with E-state index in [1.807, 2.05) is 6.92 Å². The Morgan fingerprint density at radius 1 is 1.20 bits per heavy atom. The second-order valence-corrected chi connectivity index (χ2v) is 5.29. The molecule has 0 bridgehead atoms. The lowest BCUT2D eigenvalue weighted by atomic mass is 10.1. The van der Waals surface area contributed by atoms with Gasteiger partial charge in [-0.3, -0.25) is 14.3 Å². The molecular weight excluding hydrogens is 299 g/mol. The van der Waals surface area contributed by atoms with Crippen molar-refractivity contribution < 1.29 is 0 Å². The number of nitrogens with one attached hydrogen (secondary N) is 1. The molecule has 1 aromatic heterocycles. The van der Waals surface area contributed by atoms with Gasteiger partial charge >= 0.3 is 5.69 Å². The molecule has 0 aliphatic rings. The number of aromatic amines is 1. The molecule has 1 aromatic carbocycles. The molecule has 2 rings (SSSR count). The van der Waals surface area contributed by atoms with Crippen LogP contribution in [0.3, 0.4) is 0 Å². The smallest absolute Gasteiger partial charge is 0.297 e. The second kappa shape index (κ2) is 5.85. The van der Waals surface area contributed by atoms with E-state index in [9.17, 15) is 9.59 Å². The fourth-order valence-corrected chi connectivity index (χ4v) is 2.53. The SMILES string of the molecule is CCc1c(Cl)[nH]c(=O)n(C(C)c2ccc(Cl)cc2)c1=O. The van der Waals surface area contributed by atoms with Crippen LogP contribution in [-0.4, -0.2) is 9.55 Å². The molecule has 0 aliphatic carbocycles. The van der Waals surface area contributed by atoms with Crippen molar-refractivity contribution in [3.8, 4) is 0 Å². The fraction of sp³-hybridized carbons (Fsp3) is 0.286. The highest BCUT2D eigenvalue weighted by molar-refractivity contribution is 6.30. The van der Waals surface area contributed by atoms with Crippen LogP contribution in [0, 0.1) is 0 Å². The minimum atomic E-state index is -0.514. The summed E-state index contributed by atoms with van der Waals surface area (Å²) in [6.45, 7) is 3.60. The molecule has 0 radical (unpaired) electrons. The maximum atomic E-state index is 12.4. The van der Waals surface area contributed by atoms with Gasteiger partial charge in [-0.1, -0.05) is 42.3 Å². The third-order valence-electron chi connectivity index (χ3n) is 3.27. The van der Waals surface area contributed by atoms with Gasteiger partial charge in [-0.05, 0) is 31.0 Å². The Kier molecular flexibility index (Phi) is 4.35. The number of H-pyrrole nitrogens is 1. The molecule has 1 unspecified atom stereocenters. The Bertz CT molecular complexity index is 732. The third kappa shape index (κ3) is 2.67. The van der Waals surface area contributed by atoms with Gasteiger partial charge < -0.3 is 0 Å². The Labute approximate surface area is 126 Å². The molecule has 0 fully saturated rings. The summed E-state index contributed by atoms with van der Waals surface area (Å²) in [6.07, 6.45) is 0.460. The van der Waals surface area contributed by atoms with Gasteiger partial charge in [0.05, 0.1) is 11.6 Å². The van der Waals surface area contributed by atoms with Crippen molar-refractivity contribution in [3.05, 3.63) is 66.4 Å². The number of halogens is 2. The van der Waals surface area contributed by atoms with Crippen molar-refractivity contribution in [3.63, 3.8) is 0 Å². The largest absolute Gasteiger partial charge is 0.330 e. The van der Waals surface area contributed by atoms with E-state index in [4.69, 9.17) is 23.2 Å². The molecule has 1 N–H and O–H groups in total. The van der Waals surface area contributed by atoms with Crippen LogP contribution >= 0.6 is 23.2 Å². The highest BCUT2D eigenvalue weighted by Gasteiger charge is 2.17. The van der Waals surface area contributed by atoms with Crippen LogP contribution in [0.2, 0.25) is 10.2 Å². The van der Waals surface area contributed by atoms with Gasteiger partial charge in [-0.25, -0.2) is 4.79 Å². The summed E-state index contributed by atoms with van der Waals surface area (Å²) in [5.41, 5.74) is 0.363. The predicted molar refractivity (Wildman–Crippen MR) is 81.0 cm³/mol. The highest BCUT2D eigenvalue weighted by atomic mass is 35.5. The average molecular weight is 313 g/mol. The molecule has 0 spiro atoms. The quantitative estimate of drug-likeness (QED) is 0.886. The normalized spacial score (nSPS) is 12.4. The van der Waals surface area contributed by atoms with Crippen LogP contribution in [-0.2, 0) is 6.42 Å². The first kappa shape index (κ1) is 14.9. The van der Waals surface area contributed by atoms with Crippen molar-refractivity contribution in [1.82, 2.24) is 9.55 Å². The summed E-state index contributed by atoms with van der Waals surface area (Å²) in [5.74, 6) is 0. The monoisotopic (exact) mass is 312 g/mol. The van der Waals surface area contributed by atoms with Crippen LogP contribution in [0.4, 0.5) is 0 Å². The molecule has 2 aromatic rings. The van der Waals surface area contributed by atoms with E-state index in [1.54, 1.807) is 31.2 Å². The zero-order chi connectivity index (χ0) is 14.9. The first-order valence-electron chi connectivity index (χ1n) is 6.24. The Morgan fingerprint density at radius 3 is 2.35 bits per heavy atom. The van der Waals surface area contributed by atoms with E-state index >= 15 is 0 Å². The average Bonchev–Trinajstić information content (AvgIpc) is 2.39. The molecule has 0 amide bonds. The van der Waals surface area contributed by atoms with Gasteiger partial charge in [-0.2, -0.15) is 0 Å². The van der Waals surface area contributed by atoms with Crippen molar-refractivity contribution in [2.24, 2.45) is 0 Å². The summed E-state index contributed by atoms with van der Waals surface area (Å²) < 4.78 is 1.17. The van der Waals surface area contributed by atoms with Crippen LogP contribution in [0.5, 0.6) is 0 Å². The number of aromatic nitrogens is 2. The summed E-state index contributed by atoms with van der Waals surface area (Å²) >= 11 is 11.7. The molecule has 0 saturated heterocycles. The number of benzene rings is 1. The van der Waals surface area contributed by atoms with Gasteiger partial charge in [0.25, 0.3) is 5.56 Å². The van der Waals surface area contributed by atoms with Crippen LogP contribution < -0.4 is 11.2 Å². The lowest BCUT2D eigenvalue weighted by Gasteiger charge is -2.16. The Hall–Kier alpha value is -1.52. The van der Waals surface area contributed by atoms with Gasteiger partial charge in [0.1, 0.15) is 5.15 Å². The minimum absolute atomic E-state index is 0.113. The zero-order valence-corrected chi connectivity index (χ0v) is 12.6.